The molecule has 3 aromatic rings. The molecule has 1 aliphatic carbocycles. The van der Waals surface area contributed by atoms with Crippen LogP contribution in [0.25, 0.3) is 11.4 Å². The van der Waals surface area contributed by atoms with E-state index in [1.165, 1.54) is 6.20 Å². The first-order valence-electron chi connectivity index (χ1n) is 15.1. The van der Waals surface area contributed by atoms with Gasteiger partial charge in [0.05, 0.1) is 22.7 Å². The first-order chi connectivity index (χ1) is 23.0. The number of nitrogens with zero attached hydrogens (tertiary/aromatic N) is 7. The molecule has 4 aliphatic rings. The van der Waals surface area contributed by atoms with Crippen molar-refractivity contribution in [2.45, 2.75) is 0 Å². The van der Waals surface area contributed by atoms with Crippen LogP contribution >= 0.6 is 0 Å². The van der Waals surface area contributed by atoms with Gasteiger partial charge < -0.3 is 15.1 Å². The maximum Gasteiger partial charge on any atom is 0.360 e. The van der Waals surface area contributed by atoms with Crippen molar-refractivity contribution >= 4 is 29.5 Å². The molecule has 0 unspecified atom stereocenters. The van der Waals surface area contributed by atoms with Gasteiger partial charge in [-0.2, -0.15) is 0 Å². The molecule has 6 heterocycles. The number of hydrogen-bond acceptors (Lipinski definition) is 7. The summed E-state index contributed by atoms with van der Waals surface area (Å²) < 4.78 is 4.46. The van der Waals surface area contributed by atoms with E-state index < -0.39 is 5.91 Å². The van der Waals surface area contributed by atoms with E-state index in [2.05, 4.69) is 54.2 Å². The molecule has 0 bridgehead atoms. The molecule has 47 heavy (non-hydrogen) atoms. The summed E-state index contributed by atoms with van der Waals surface area (Å²) in [5, 5.41) is 2.97. The molecule has 10 nitrogen and oxygen atoms in total. The first kappa shape index (κ1) is 29.2. The Kier molecular flexibility index (Phi) is 7.98. The molecule has 2 amide bonds. The minimum Gasteiger partial charge on any atom is -0.357 e. The highest BCUT2D eigenvalue weighted by Crippen LogP contribution is 2.23. The van der Waals surface area contributed by atoms with Crippen molar-refractivity contribution in [2.75, 3.05) is 20.1 Å². The number of aromatic nitrogens is 3. The van der Waals surface area contributed by atoms with Gasteiger partial charge in [0.25, 0.3) is 18.0 Å². The molecule has 0 aromatic carbocycles. The highest BCUT2D eigenvalue weighted by atomic mass is 16.2. The van der Waals surface area contributed by atoms with Crippen LogP contribution in [0.3, 0.4) is 0 Å². The van der Waals surface area contributed by atoms with Crippen molar-refractivity contribution in [1.29, 1.82) is 0 Å². The molecular formula is C37H29N8O2+. The molecule has 0 radical (unpaired) electrons. The summed E-state index contributed by atoms with van der Waals surface area (Å²) in [6, 6.07) is 10.2. The van der Waals surface area contributed by atoms with Crippen molar-refractivity contribution in [3.8, 4) is 11.4 Å². The minimum atomic E-state index is -0.431. The minimum absolute atomic E-state index is 0.225. The molecule has 0 saturated carbocycles. The zero-order chi connectivity index (χ0) is 32.2. The largest absolute Gasteiger partial charge is 0.360 e. The molecule has 0 spiro atoms. The number of carbonyl (C=O) groups excluding carboxylic acids is 2. The Morgan fingerprint density at radius 1 is 0.851 bits per heavy atom. The smallest absolute Gasteiger partial charge is 0.357 e. The van der Waals surface area contributed by atoms with E-state index in [-0.39, 0.29) is 5.91 Å². The zero-order valence-electron chi connectivity index (χ0n) is 25.5. The molecule has 0 fully saturated rings. The van der Waals surface area contributed by atoms with E-state index in [4.69, 9.17) is 0 Å². The Morgan fingerprint density at radius 3 is 2.32 bits per heavy atom. The van der Waals surface area contributed by atoms with Gasteiger partial charge in [0.2, 0.25) is 0 Å². The molecule has 0 saturated heterocycles. The van der Waals surface area contributed by atoms with Gasteiger partial charge in [-0.25, -0.2) is 9.98 Å². The van der Waals surface area contributed by atoms with Crippen LogP contribution in [-0.2, 0) is 0 Å². The Labute approximate surface area is 271 Å². The number of hydrogen-bond donors (Lipinski definition) is 1. The van der Waals surface area contributed by atoms with Crippen LogP contribution < -0.4 is 9.98 Å². The summed E-state index contributed by atoms with van der Waals surface area (Å²) >= 11 is 0. The Balaban J connectivity index is 1.01. The number of pyridine rings is 3. The highest BCUT2D eigenvalue weighted by molar-refractivity contribution is 6.30. The third kappa shape index (κ3) is 6.35. The van der Waals surface area contributed by atoms with Crippen LogP contribution in [0.15, 0.2) is 144 Å². The van der Waals surface area contributed by atoms with Gasteiger partial charge in [-0.15, -0.1) is 0 Å². The van der Waals surface area contributed by atoms with E-state index in [0.717, 1.165) is 28.0 Å². The fourth-order valence-corrected chi connectivity index (χ4v) is 5.33. The van der Waals surface area contributed by atoms with Crippen molar-refractivity contribution in [1.82, 2.24) is 34.7 Å². The highest BCUT2D eigenvalue weighted by Gasteiger charge is 2.31. The van der Waals surface area contributed by atoms with Crippen LogP contribution in [0, 0.1) is 0 Å². The van der Waals surface area contributed by atoms with Gasteiger partial charge in [0, 0.05) is 86.3 Å². The molecule has 1 N–H and O–H groups in total. The second kappa shape index (κ2) is 12.8. The lowest BCUT2D eigenvalue weighted by atomic mass is 9.91. The molecular weight excluding hydrogens is 588 g/mol. The molecule has 228 valence electrons. The lowest BCUT2D eigenvalue weighted by Crippen LogP contribution is -2.31. The fourth-order valence-electron chi connectivity index (χ4n) is 5.33. The van der Waals surface area contributed by atoms with Crippen LogP contribution in [-0.4, -0.2) is 74.3 Å². The molecule has 3 aromatic heterocycles. The van der Waals surface area contributed by atoms with Crippen molar-refractivity contribution in [2.24, 2.45) is 4.99 Å². The summed E-state index contributed by atoms with van der Waals surface area (Å²) in [5.74, 6) is -0.657. The molecule has 0 atom stereocenters. The van der Waals surface area contributed by atoms with Gasteiger partial charge in [-0.05, 0) is 84.0 Å². The van der Waals surface area contributed by atoms with Gasteiger partial charge in [0.1, 0.15) is 0 Å². The van der Waals surface area contributed by atoms with Gasteiger partial charge in [0.15, 0.2) is 5.69 Å². The predicted molar refractivity (Wildman–Crippen MR) is 182 cm³/mol. The van der Waals surface area contributed by atoms with Crippen molar-refractivity contribution < 1.29 is 9.59 Å². The van der Waals surface area contributed by atoms with Crippen molar-refractivity contribution in [3.05, 3.63) is 161 Å². The number of amides is 2. The second-order valence-corrected chi connectivity index (χ2v) is 11.0. The Morgan fingerprint density at radius 2 is 1.55 bits per heavy atom. The number of aliphatic imine (C=N–C) groups is 1. The summed E-state index contributed by atoms with van der Waals surface area (Å²) in [4.78, 5) is 48.2. The maximum absolute atomic E-state index is 13.4. The normalized spacial score (nSPS) is 16.7. The predicted octanol–water partition coefficient (Wildman–Crippen LogP) is 3.95. The molecule has 10 heteroatoms. The summed E-state index contributed by atoms with van der Waals surface area (Å²) in [5.41, 5.74) is 7.50. The first-order valence-corrected chi connectivity index (χ1v) is 15.1. The van der Waals surface area contributed by atoms with E-state index in [9.17, 15) is 9.59 Å². The molecule has 7 rings (SSSR count). The van der Waals surface area contributed by atoms with Gasteiger partial charge >= 0.3 is 5.71 Å². The number of allylic oxidation sites excluding steroid dienone is 10. The standard InChI is InChI=1S/C37H28N8O2/c1-44-17-8-25(9-18-44)26-10-19-45(20-11-26)21-16-42-36(46)28-6-14-38-32(23-28)33-24-29(7-15-39-33)37(47)43-31-22-27-4-2-12-40-34(27)35-30(31)5-3-13-41-35/h2-15,17-20,22-24H,16,21H2,1H3/p+1. The van der Waals surface area contributed by atoms with E-state index in [1.54, 1.807) is 42.9 Å². The Bertz CT molecular complexity index is 2090. The monoisotopic (exact) mass is 617 g/mol. The quantitative estimate of drug-likeness (QED) is 0.417. The lowest BCUT2D eigenvalue weighted by Gasteiger charge is -2.20. The van der Waals surface area contributed by atoms with E-state index in [0.29, 0.717) is 47.0 Å². The lowest BCUT2D eigenvalue weighted by molar-refractivity contribution is 0.0950. The van der Waals surface area contributed by atoms with Gasteiger partial charge in [-0.1, -0.05) is 4.67 Å². The van der Waals surface area contributed by atoms with Crippen LogP contribution in [0.1, 0.15) is 32.0 Å². The van der Waals surface area contributed by atoms with Crippen LogP contribution in [0.2, 0.25) is 0 Å². The van der Waals surface area contributed by atoms with Crippen LogP contribution in [0.5, 0.6) is 0 Å². The van der Waals surface area contributed by atoms with Crippen molar-refractivity contribution in [3.63, 3.8) is 0 Å². The average Bonchev–Trinajstić information content (AvgIpc) is 3.12. The third-order valence-electron chi connectivity index (χ3n) is 7.81. The number of fused-ring (bicyclic) bond motifs is 3. The topological polar surface area (TPSA) is 118 Å². The SMILES string of the molecule is CN1C=CC(=C2C=CN(CCNC(=O)c3ccnc(-c4cc(C(=O)N=C5C=C6C=CC=[N+]=C6c6ncccc65)ccn4)c3)C=C2)C=C1. The summed E-state index contributed by atoms with van der Waals surface area (Å²) in [7, 11) is 1.99. The molecule has 3 aliphatic heterocycles. The van der Waals surface area contributed by atoms with E-state index in [1.807, 2.05) is 72.0 Å². The fraction of sp³-hybridized carbons (Fsp3) is 0.0811. The van der Waals surface area contributed by atoms with Crippen LogP contribution in [0.4, 0.5) is 0 Å². The number of rotatable bonds is 6. The summed E-state index contributed by atoms with van der Waals surface area (Å²) in [6.45, 7) is 1.06. The maximum atomic E-state index is 13.4. The number of nitrogens with one attached hydrogen (secondary N) is 1. The number of carbonyl (C=O) groups is 2. The zero-order valence-corrected chi connectivity index (χ0v) is 25.5. The van der Waals surface area contributed by atoms with E-state index >= 15 is 0 Å². The second-order valence-electron chi connectivity index (χ2n) is 11.0. The Hall–Kier alpha value is -6.51. The third-order valence-corrected chi connectivity index (χ3v) is 7.81. The van der Waals surface area contributed by atoms with Gasteiger partial charge in [-0.3, -0.25) is 19.6 Å². The summed E-state index contributed by atoms with van der Waals surface area (Å²) in [6.07, 6.45) is 28.4. The average molecular weight is 618 g/mol.